The fraction of sp³-hybridized carbons (Fsp3) is 0.346. The van der Waals surface area contributed by atoms with Crippen LogP contribution in [0.25, 0.3) is 10.9 Å². The fourth-order valence-electron chi connectivity index (χ4n) is 4.16. The molecule has 7 nitrogen and oxygen atoms in total. The lowest BCUT2D eigenvalue weighted by atomic mass is 9.90. The Morgan fingerprint density at radius 2 is 1.76 bits per heavy atom. The van der Waals surface area contributed by atoms with Crippen molar-refractivity contribution in [2.75, 3.05) is 20.1 Å². The number of nitrogens with one attached hydrogen (secondary N) is 2. The van der Waals surface area contributed by atoms with Crippen LogP contribution in [0.15, 0.2) is 54.7 Å². The quantitative estimate of drug-likeness (QED) is 0.335. The lowest BCUT2D eigenvalue weighted by Gasteiger charge is -2.32. The van der Waals surface area contributed by atoms with Gasteiger partial charge in [0, 0.05) is 42.8 Å². The third-order valence-corrected chi connectivity index (χ3v) is 5.82. The molecule has 1 aromatic heterocycles. The highest BCUT2D eigenvalue weighted by Crippen LogP contribution is 2.25. The molecule has 0 atom stereocenters. The summed E-state index contributed by atoms with van der Waals surface area (Å²) in [7, 11) is 1.40. The van der Waals surface area contributed by atoms with Crippen LogP contribution in [0.2, 0.25) is 0 Å². The molecule has 7 heteroatoms. The first kappa shape index (κ1) is 24.2. The van der Waals surface area contributed by atoms with Crippen LogP contribution in [0.5, 0.6) is 0 Å². The summed E-state index contributed by atoms with van der Waals surface area (Å²) in [6.45, 7) is 5.42. The largest absolute Gasteiger partial charge is 0.398 e. The van der Waals surface area contributed by atoms with Crippen LogP contribution in [-0.4, -0.2) is 47.7 Å². The van der Waals surface area contributed by atoms with Crippen molar-refractivity contribution in [3.63, 3.8) is 0 Å². The van der Waals surface area contributed by atoms with E-state index in [1.165, 1.54) is 18.8 Å². The maximum atomic E-state index is 13.1. The van der Waals surface area contributed by atoms with Gasteiger partial charge >= 0.3 is 5.97 Å². The Hall–Kier alpha value is -3.45. The molecular formula is C26H31N3O4. The highest BCUT2D eigenvalue weighted by molar-refractivity contribution is 6.43. The van der Waals surface area contributed by atoms with E-state index in [1.807, 2.05) is 24.8 Å². The summed E-state index contributed by atoms with van der Waals surface area (Å²) in [6.07, 6.45) is 4.43. The SMILES string of the molecule is CC.CNOC(=O)C(=O)c1c[nH]c2ccc(C(=O)N3CCC(Cc4ccccc4)CC3)cc12. The first-order valence-electron chi connectivity index (χ1n) is 11.4. The minimum Gasteiger partial charge on any atom is -0.365 e. The zero-order valence-corrected chi connectivity index (χ0v) is 19.4. The number of benzene rings is 2. The average Bonchev–Trinajstić information content (AvgIpc) is 3.29. The monoisotopic (exact) mass is 449 g/mol. The summed E-state index contributed by atoms with van der Waals surface area (Å²) in [6, 6.07) is 15.6. The summed E-state index contributed by atoms with van der Waals surface area (Å²) in [5, 5.41) is 0.530. The molecule has 1 saturated heterocycles. The third-order valence-electron chi connectivity index (χ3n) is 5.82. The molecule has 3 aromatic rings. The number of rotatable bonds is 6. The van der Waals surface area contributed by atoms with E-state index >= 15 is 0 Å². The van der Waals surface area contributed by atoms with E-state index in [0.29, 0.717) is 35.5 Å². The molecule has 4 rings (SSSR count). The number of ketones is 1. The zero-order valence-electron chi connectivity index (χ0n) is 19.4. The molecule has 0 spiro atoms. The van der Waals surface area contributed by atoms with Crippen molar-refractivity contribution in [1.29, 1.82) is 0 Å². The average molecular weight is 450 g/mol. The predicted octanol–water partition coefficient (Wildman–Crippen LogP) is 4.15. The molecule has 33 heavy (non-hydrogen) atoms. The summed E-state index contributed by atoms with van der Waals surface area (Å²) in [4.78, 5) is 46.6. The van der Waals surface area contributed by atoms with Crippen molar-refractivity contribution in [3.05, 3.63) is 71.4 Å². The van der Waals surface area contributed by atoms with Gasteiger partial charge in [0.1, 0.15) is 0 Å². The lowest BCUT2D eigenvalue weighted by Crippen LogP contribution is -2.38. The maximum absolute atomic E-state index is 13.1. The number of H-pyrrole nitrogens is 1. The fourth-order valence-corrected chi connectivity index (χ4v) is 4.16. The Morgan fingerprint density at radius 3 is 2.42 bits per heavy atom. The van der Waals surface area contributed by atoms with E-state index in [-0.39, 0.29) is 11.5 Å². The third kappa shape index (κ3) is 5.68. The smallest absolute Gasteiger partial charge is 0.365 e. The summed E-state index contributed by atoms with van der Waals surface area (Å²) in [5.41, 5.74) is 4.91. The van der Waals surface area contributed by atoms with Crippen LogP contribution < -0.4 is 5.48 Å². The lowest BCUT2D eigenvalue weighted by molar-refractivity contribution is -0.144. The second-order valence-corrected chi connectivity index (χ2v) is 7.81. The number of aromatic nitrogens is 1. The Morgan fingerprint density at radius 1 is 1.06 bits per heavy atom. The van der Waals surface area contributed by atoms with Crippen LogP contribution in [0.3, 0.4) is 0 Å². The number of carbonyl (C=O) groups is 3. The normalized spacial score (nSPS) is 13.8. The van der Waals surface area contributed by atoms with Gasteiger partial charge in [-0.25, -0.2) is 4.79 Å². The predicted molar refractivity (Wildman–Crippen MR) is 128 cm³/mol. The molecule has 1 amide bonds. The first-order valence-corrected chi connectivity index (χ1v) is 11.4. The number of carbonyl (C=O) groups excluding carboxylic acids is 3. The van der Waals surface area contributed by atoms with E-state index in [4.69, 9.17) is 0 Å². The number of aromatic amines is 1. The van der Waals surface area contributed by atoms with Gasteiger partial charge in [-0.1, -0.05) is 44.2 Å². The topological polar surface area (TPSA) is 91.5 Å². The molecule has 1 aliphatic rings. The Bertz CT molecular complexity index is 1100. The molecule has 2 N–H and O–H groups in total. The molecule has 0 bridgehead atoms. The summed E-state index contributed by atoms with van der Waals surface area (Å²) >= 11 is 0. The second kappa shape index (κ2) is 11.4. The van der Waals surface area contributed by atoms with Gasteiger partial charge in [0.05, 0.1) is 5.56 Å². The molecule has 174 valence electrons. The standard InChI is InChI=1S/C24H25N3O4.C2H6/c1-25-31-24(30)22(28)20-15-26-21-8-7-18(14-19(20)21)23(29)27-11-9-17(10-12-27)13-16-5-3-2-4-6-16;1-2/h2-8,14-15,17,25-26H,9-13H2,1H3;1-2H3. The molecule has 1 fully saturated rings. The molecule has 2 aromatic carbocycles. The van der Waals surface area contributed by atoms with Crippen molar-refractivity contribution in [2.24, 2.45) is 5.92 Å². The number of piperidine rings is 1. The van der Waals surface area contributed by atoms with Gasteiger partial charge in [0.15, 0.2) is 0 Å². The number of nitrogens with zero attached hydrogens (tertiary/aromatic N) is 1. The van der Waals surface area contributed by atoms with Crippen LogP contribution >= 0.6 is 0 Å². The number of hydrogen-bond acceptors (Lipinski definition) is 5. The number of hydroxylamine groups is 1. The molecule has 0 saturated carbocycles. The molecule has 1 aliphatic heterocycles. The van der Waals surface area contributed by atoms with E-state index in [1.54, 1.807) is 18.2 Å². The van der Waals surface area contributed by atoms with E-state index in [2.05, 4.69) is 39.6 Å². The van der Waals surface area contributed by atoms with Gasteiger partial charge < -0.3 is 14.7 Å². The number of Topliss-reactive ketones (excluding diaryl/α,β-unsaturated/α-hetero) is 1. The molecular weight excluding hydrogens is 418 g/mol. The highest BCUT2D eigenvalue weighted by atomic mass is 16.7. The molecule has 0 unspecified atom stereocenters. The Kier molecular flexibility index (Phi) is 8.38. The van der Waals surface area contributed by atoms with Crippen LogP contribution in [0.1, 0.15) is 53.0 Å². The van der Waals surface area contributed by atoms with Gasteiger partial charge in [0.2, 0.25) is 0 Å². The van der Waals surface area contributed by atoms with Gasteiger partial charge in [-0.3, -0.25) is 9.59 Å². The van der Waals surface area contributed by atoms with Crippen LogP contribution in [0, 0.1) is 5.92 Å². The van der Waals surface area contributed by atoms with Crippen molar-refractivity contribution in [3.8, 4) is 0 Å². The van der Waals surface area contributed by atoms with Crippen LogP contribution in [0.4, 0.5) is 0 Å². The van der Waals surface area contributed by atoms with Crippen molar-refractivity contribution < 1.29 is 19.2 Å². The molecule has 2 heterocycles. The highest BCUT2D eigenvalue weighted by Gasteiger charge is 2.26. The van der Waals surface area contributed by atoms with Gasteiger partial charge in [-0.05, 0) is 48.9 Å². The van der Waals surface area contributed by atoms with Gasteiger partial charge in [-0.2, -0.15) is 5.48 Å². The number of fused-ring (bicyclic) bond motifs is 1. The Labute approximate surface area is 194 Å². The van der Waals surface area contributed by atoms with Crippen molar-refractivity contribution in [1.82, 2.24) is 15.4 Å². The molecule has 0 radical (unpaired) electrons. The van der Waals surface area contributed by atoms with Crippen molar-refractivity contribution >= 4 is 28.6 Å². The van der Waals surface area contributed by atoms with E-state index < -0.39 is 11.8 Å². The van der Waals surface area contributed by atoms with E-state index in [9.17, 15) is 14.4 Å². The first-order chi connectivity index (χ1) is 16.1. The minimum absolute atomic E-state index is 0.0579. The molecule has 0 aliphatic carbocycles. The summed E-state index contributed by atoms with van der Waals surface area (Å²) in [5.74, 6) is -1.26. The van der Waals surface area contributed by atoms with Crippen LogP contribution in [-0.2, 0) is 16.1 Å². The van der Waals surface area contributed by atoms with Gasteiger partial charge in [-0.15, -0.1) is 0 Å². The number of amides is 1. The van der Waals surface area contributed by atoms with E-state index in [0.717, 1.165) is 19.3 Å². The van der Waals surface area contributed by atoms with Crippen molar-refractivity contribution in [2.45, 2.75) is 33.1 Å². The summed E-state index contributed by atoms with van der Waals surface area (Å²) < 4.78 is 0. The van der Waals surface area contributed by atoms with Gasteiger partial charge in [0.25, 0.3) is 11.7 Å². The maximum Gasteiger partial charge on any atom is 0.398 e. The number of hydrogen-bond donors (Lipinski definition) is 2. The minimum atomic E-state index is -0.999. The zero-order chi connectivity index (χ0) is 23.8. The Balaban J connectivity index is 0.00000149. The second-order valence-electron chi connectivity index (χ2n) is 7.81. The number of likely N-dealkylation sites (tertiary alicyclic amines) is 1.